The van der Waals surface area contributed by atoms with Gasteiger partial charge in [0.05, 0.1) is 40.2 Å². The first-order chi connectivity index (χ1) is 15.9. The van der Waals surface area contributed by atoms with Crippen LogP contribution in [0.3, 0.4) is 0 Å². The van der Waals surface area contributed by atoms with E-state index < -0.39 is 13.0 Å². The van der Waals surface area contributed by atoms with Crippen molar-refractivity contribution >= 4 is 23.7 Å². The number of halogens is 2. The number of carbonyl (C=O) groups excluding carboxylic acids is 1. The summed E-state index contributed by atoms with van der Waals surface area (Å²) < 4.78 is 46.1. The molecule has 0 saturated carbocycles. The Labute approximate surface area is 192 Å². The van der Waals surface area contributed by atoms with E-state index in [4.69, 9.17) is 18.9 Å². The summed E-state index contributed by atoms with van der Waals surface area (Å²) in [5.74, 6) is 1.84. The molecule has 180 valence electrons. The second kappa shape index (κ2) is 13.3. The lowest BCUT2D eigenvalue weighted by atomic mass is 10.1. The zero-order valence-electron chi connectivity index (χ0n) is 19.2. The molecule has 0 spiro atoms. The molecule has 33 heavy (non-hydrogen) atoms. The number of methoxy groups -OCH3 is 3. The third kappa shape index (κ3) is 7.94. The van der Waals surface area contributed by atoms with Gasteiger partial charge in [-0.2, -0.15) is 0 Å². The number of nitrogens with one attached hydrogen (secondary N) is 2. The van der Waals surface area contributed by atoms with Crippen molar-refractivity contribution in [1.29, 1.82) is 0 Å². The van der Waals surface area contributed by atoms with E-state index in [1.807, 2.05) is 25.1 Å². The van der Waals surface area contributed by atoms with E-state index in [0.717, 1.165) is 11.1 Å². The summed E-state index contributed by atoms with van der Waals surface area (Å²) in [4.78, 5) is 12.3. The molecule has 2 rings (SSSR count). The topological polar surface area (TPSA) is 78.1 Å². The summed E-state index contributed by atoms with van der Waals surface area (Å²) >= 11 is 0. The molecule has 9 heteroatoms. The quantitative estimate of drug-likeness (QED) is 0.337. The summed E-state index contributed by atoms with van der Waals surface area (Å²) in [6, 6.07) is 8.96. The Kier molecular flexibility index (Phi) is 10.4. The smallest absolute Gasteiger partial charge is 0.250 e. The lowest BCUT2D eigenvalue weighted by Gasteiger charge is -2.13. The highest BCUT2D eigenvalue weighted by atomic mass is 19.3. The van der Waals surface area contributed by atoms with Crippen LogP contribution in [-0.2, 0) is 4.79 Å². The molecule has 0 heterocycles. The molecule has 1 amide bonds. The molecule has 2 aromatic rings. The Morgan fingerprint density at radius 3 is 2.30 bits per heavy atom. The van der Waals surface area contributed by atoms with E-state index in [0.29, 0.717) is 35.3 Å². The number of anilines is 1. The third-order valence-corrected chi connectivity index (χ3v) is 4.58. The van der Waals surface area contributed by atoms with Gasteiger partial charge in [0.2, 0.25) is 11.7 Å². The molecule has 2 N–H and O–H groups in total. The van der Waals surface area contributed by atoms with Crippen LogP contribution in [0.25, 0.3) is 12.2 Å². The van der Waals surface area contributed by atoms with Gasteiger partial charge in [0.15, 0.2) is 11.5 Å². The van der Waals surface area contributed by atoms with Gasteiger partial charge in [0.25, 0.3) is 6.43 Å². The minimum Gasteiger partial charge on any atom is -0.494 e. The van der Waals surface area contributed by atoms with Crippen LogP contribution < -0.4 is 29.6 Å². The van der Waals surface area contributed by atoms with Gasteiger partial charge in [-0.25, -0.2) is 8.78 Å². The minimum atomic E-state index is -2.46. The number of amides is 1. The van der Waals surface area contributed by atoms with E-state index >= 15 is 0 Å². The summed E-state index contributed by atoms with van der Waals surface area (Å²) in [5.41, 5.74) is 2.08. The standard InChI is InChI=1S/C24H30F2N2O5/c1-5-33-18-9-8-17(19(14-18)28-23(29)10-11-27-15-22(25)26)7-6-16-12-20(30-2)24(32-4)21(13-16)31-3/h6-9,12-14,22,27H,5,10-11,15H2,1-4H3,(H,28,29)/b7-6-. The molecule has 0 radical (unpaired) electrons. The van der Waals surface area contributed by atoms with Gasteiger partial charge in [0, 0.05) is 19.0 Å². The number of rotatable bonds is 13. The SMILES string of the molecule is CCOc1ccc(/C=C\c2cc(OC)c(OC)c(OC)c2)c(NC(=O)CCNCC(F)F)c1. The van der Waals surface area contributed by atoms with Gasteiger partial charge in [0.1, 0.15) is 5.75 Å². The van der Waals surface area contributed by atoms with Crippen molar-refractivity contribution in [2.24, 2.45) is 0 Å². The van der Waals surface area contributed by atoms with Gasteiger partial charge in [-0.1, -0.05) is 12.2 Å². The van der Waals surface area contributed by atoms with Crippen molar-refractivity contribution < 1.29 is 32.5 Å². The fourth-order valence-corrected chi connectivity index (χ4v) is 3.05. The lowest BCUT2D eigenvalue weighted by molar-refractivity contribution is -0.116. The Balaban J connectivity index is 2.25. The van der Waals surface area contributed by atoms with Crippen molar-refractivity contribution in [3.8, 4) is 23.0 Å². The fourth-order valence-electron chi connectivity index (χ4n) is 3.05. The van der Waals surface area contributed by atoms with E-state index in [2.05, 4.69) is 10.6 Å². The number of benzene rings is 2. The maximum absolute atomic E-state index is 12.3. The molecule has 0 aliphatic rings. The average molecular weight is 465 g/mol. The highest BCUT2D eigenvalue weighted by molar-refractivity contribution is 5.94. The molecule has 2 aromatic carbocycles. The number of hydrogen-bond donors (Lipinski definition) is 2. The van der Waals surface area contributed by atoms with Crippen molar-refractivity contribution in [3.63, 3.8) is 0 Å². The largest absolute Gasteiger partial charge is 0.494 e. The van der Waals surface area contributed by atoms with Crippen LogP contribution >= 0.6 is 0 Å². The lowest BCUT2D eigenvalue weighted by Crippen LogP contribution is -2.26. The van der Waals surface area contributed by atoms with Crippen LogP contribution in [0.1, 0.15) is 24.5 Å². The highest BCUT2D eigenvalue weighted by Gasteiger charge is 2.13. The molecule has 0 bridgehead atoms. The maximum atomic E-state index is 12.3. The van der Waals surface area contributed by atoms with E-state index in [-0.39, 0.29) is 18.9 Å². The third-order valence-electron chi connectivity index (χ3n) is 4.58. The summed E-state index contributed by atoms with van der Waals surface area (Å²) in [5, 5.41) is 5.37. The van der Waals surface area contributed by atoms with Crippen LogP contribution in [0, 0.1) is 0 Å². The van der Waals surface area contributed by atoms with Crippen molar-refractivity contribution in [2.75, 3.05) is 46.3 Å². The number of hydrogen-bond acceptors (Lipinski definition) is 6. The maximum Gasteiger partial charge on any atom is 0.250 e. The van der Waals surface area contributed by atoms with Crippen molar-refractivity contribution in [1.82, 2.24) is 5.32 Å². The van der Waals surface area contributed by atoms with E-state index in [1.54, 1.807) is 38.5 Å². The van der Waals surface area contributed by atoms with Gasteiger partial charge < -0.3 is 29.6 Å². The second-order valence-electron chi connectivity index (χ2n) is 6.87. The minimum absolute atomic E-state index is 0.0572. The van der Waals surface area contributed by atoms with Crippen molar-refractivity contribution in [2.45, 2.75) is 19.8 Å². The summed E-state index contributed by atoms with van der Waals surface area (Å²) in [7, 11) is 4.62. The molecule has 0 unspecified atom stereocenters. The first-order valence-electron chi connectivity index (χ1n) is 10.4. The average Bonchev–Trinajstić information content (AvgIpc) is 2.80. The summed E-state index contributed by atoms with van der Waals surface area (Å²) in [6.45, 7) is 2.05. The predicted octanol–water partition coefficient (Wildman–Crippen LogP) is 4.46. The molecular weight excluding hydrogens is 434 g/mol. The molecule has 7 nitrogen and oxygen atoms in total. The molecule has 0 saturated heterocycles. The highest BCUT2D eigenvalue weighted by Crippen LogP contribution is 2.38. The van der Waals surface area contributed by atoms with Crippen LogP contribution in [0.4, 0.5) is 14.5 Å². The van der Waals surface area contributed by atoms with Gasteiger partial charge in [-0.3, -0.25) is 4.79 Å². The monoisotopic (exact) mass is 464 g/mol. The first-order valence-corrected chi connectivity index (χ1v) is 10.4. The van der Waals surface area contributed by atoms with Crippen molar-refractivity contribution in [3.05, 3.63) is 41.5 Å². The zero-order chi connectivity index (χ0) is 24.2. The molecule has 0 aliphatic carbocycles. The van der Waals surface area contributed by atoms with E-state index in [1.165, 1.54) is 7.11 Å². The predicted molar refractivity (Wildman–Crippen MR) is 125 cm³/mol. The van der Waals surface area contributed by atoms with Crippen LogP contribution in [-0.4, -0.2) is 53.4 Å². The molecule has 0 aliphatic heterocycles. The van der Waals surface area contributed by atoms with Gasteiger partial charge in [-0.15, -0.1) is 0 Å². The molecule has 0 atom stereocenters. The van der Waals surface area contributed by atoms with Crippen LogP contribution in [0.2, 0.25) is 0 Å². The van der Waals surface area contributed by atoms with Crippen LogP contribution in [0.5, 0.6) is 23.0 Å². The Morgan fingerprint density at radius 1 is 1.03 bits per heavy atom. The Hall–Kier alpha value is -3.33. The Bertz CT molecular complexity index is 925. The number of carbonyl (C=O) groups is 1. The normalized spacial score (nSPS) is 11.0. The summed E-state index contributed by atoms with van der Waals surface area (Å²) in [6.07, 6.45) is 1.28. The first kappa shape index (κ1) is 25.9. The molecule has 0 aromatic heterocycles. The number of ether oxygens (including phenoxy) is 4. The van der Waals surface area contributed by atoms with E-state index in [9.17, 15) is 13.6 Å². The second-order valence-corrected chi connectivity index (χ2v) is 6.87. The van der Waals surface area contributed by atoms with Crippen LogP contribution in [0.15, 0.2) is 30.3 Å². The fraction of sp³-hybridized carbons (Fsp3) is 0.375. The van der Waals surface area contributed by atoms with Gasteiger partial charge in [-0.05, 0) is 42.3 Å². The van der Waals surface area contributed by atoms with Gasteiger partial charge >= 0.3 is 0 Å². The number of alkyl halides is 2. The Morgan fingerprint density at radius 2 is 1.73 bits per heavy atom. The zero-order valence-corrected chi connectivity index (χ0v) is 19.2. The molecule has 0 fully saturated rings. The molecular formula is C24H30F2N2O5.